The van der Waals surface area contributed by atoms with Crippen molar-refractivity contribution in [3.05, 3.63) is 0 Å². The first-order valence-corrected chi connectivity index (χ1v) is 0. The molecular formula is H6O6SnZn. The second kappa shape index (κ2) is 302. The van der Waals surface area contributed by atoms with Gasteiger partial charge in [0.25, 0.3) is 0 Å². The third-order valence-corrected chi connectivity index (χ3v) is 0. The van der Waals surface area contributed by atoms with Crippen molar-refractivity contribution >= 4 is 23.9 Å². The van der Waals surface area contributed by atoms with Crippen molar-refractivity contribution in [3.8, 4) is 0 Å². The van der Waals surface area contributed by atoms with E-state index < -0.39 is 0 Å². The Morgan fingerprint density at radius 2 is 0.375 bits per heavy atom. The van der Waals surface area contributed by atoms with Gasteiger partial charge in [-0.3, -0.25) is 0 Å². The predicted octanol–water partition coefficient (Wildman–Crippen LogP) is -1.44. The third-order valence-electron chi connectivity index (χ3n) is 0. The van der Waals surface area contributed by atoms with Crippen LogP contribution in [-0.2, 0) is 19.5 Å². The Bertz CT molecular complexity index is 8.49. The van der Waals surface area contributed by atoms with Crippen molar-refractivity contribution in [3.63, 3.8) is 0 Å². The Hall–Kier alpha value is 1.18. The smallest absolute Gasteiger partial charge is 0.870 e. The van der Waals surface area contributed by atoms with E-state index in [9.17, 15) is 0 Å². The maximum absolute atomic E-state index is 0. The predicted molar refractivity (Wildman–Crippen MR) is 17.4 cm³/mol. The van der Waals surface area contributed by atoms with Gasteiger partial charge in [-0.1, -0.05) is 0 Å². The van der Waals surface area contributed by atoms with E-state index in [1.54, 1.807) is 0 Å². The van der Waals surface area contributed by atoms with Gasteiger partial charge in [0.15, 0.2) is 0 Å². The summed E-state index contributed by atoms with van der Waals surface area (Å²) in [4.78, 5) is 0. The van der Waals surface area contributed by atoms with E-state index in [0.29, 0.717) is 0 Å². The molecule has 0 heterocycles. The summed E-state index contributed by atoms with van der Waals surface area (Å²) in [5.74, 6) is 0. The van der Waals surface area contributed by atoms with Gasteiger partial charge in [0.2, 0.25) is 0 Å². The van der Waals surface area contributed by atoms with Gasteiger partial charge in [-0.25, -0.2) is 0 Å². The van der Waals surface area contributed by atoms with E-state index in [4.69, 9.17) is 0 Å². The van der Waals surface area contributed by atoms with Gasteiger partial charge in [-0.2, -0.15) is 0 Å². The van der Waals surface area contributed by atoms with E-state index in [0.717, 1.165) is 0 Å². The first-order chi connectivity index (χ1) is 0. The Morgan fingerprint density at radius 1 is 0.375 bits per heavy atom. The Balaban J connectivity index is 0. The Morgan fingerprint density at radius 3 is 0.375 bits per heavy atom. The molecule has 48 valence electrons. The van der Waals surface area contributed by atoms with E-state index in [2.05, 4.69) is 0 Å². The van der Waals surface area contributed by atoms with Gasteiger partial charge in [-0.15, -0.1) is 0 Å². The summed E-state index contributed by atoms with van der Waals surface area (Å²) in [6.45, 7) is 0. The van der Waals surface area contributed by atoms with E-state index in [1.807, 2.05) is 0 Å². The molecule has 0 amide bonds. The number of rotatable bonds is 0. The molecule has 0 aromatic rings. The van der Waals surface area contributed by atoms with Crippen LogP contribution in [0.15, 0.2) is 0 Å². The zero-order valence-corrected chi connectivity index (χ0v) is 9.71. The van der Waals surface area contributed by atoms with Gasteiger partial charge in [0, 0.05) is 0 Å². The standard InChI is InChI=1S/6H2O.Sn.Zn/h6*1H2;;/q;;;;;;+4;+2/p-6. The Labute approximate surface area is 76.2 Å². The fourth-order valence-electron chi connectivity index (χ4n) is 0. The molecule has 0 rings (SSSR count). The molecule has 0 saturated carbocycles. The van der Waals surface area contributed by atoms with E-state index in [-0.39, 0.29) is 76.2 Å². The topological polar surface area (TPSA) is 180 Å². The number of hydrogen-bond acceptors (Lipinski definition) is 6. The van der Waals surface area contributed by atoms with Crippen molar-refractivity contribution in [2.24, 2.45) is 0 Å². The first-order valence-electron chi connectivity index (χ1n) is 0. The van der Waals surface area contributed by atoms with Crippen molar-refractivity contribution in [1.82, 2.24) is 0 Å². The minimum Gasteiger partial charge on any atom is -0.870 e. The van der Waals surface area contributed by atoms with Gasteiger partial charge >= 0.3 is 43.4 Å². The molecule has 0 aliphatic heterocycles. The molecule has 0 spiro atoms. The van der Waals surface area contributed by atoms with Crippen LogP contribution in [0.4, 0.5) is 0 Å². The monoisotopic (exact) mass is 286 g/mol. The van der Waals surface area contributed by atoms with E-state index in [1.165, 1.54) is 0 Å². The van der Waals surface area contributed by atoms with E-state index >= 15 is 0 Å². The van der Waals surface area contributed by atoms with Crippen molar-refractivity contribution in [1.29, 1.82) is 0 Å². The average Bonchev–Trinajstić information content (AvgIpc) is 0. The second-order valence-electron chi connectivity index (χ2n) is 0. The molecule has 0 atom stereocenters. The SMILES string of the molecule is [OH-].[OH-].[OH-].[OH-].[OH-].[OH-].[Sn+4].[Zn+2]. The van der Waals surface area contributed by atoms with Gasteiger partial charge in [0.1, 0.15) is 0 Å². The largest absolute Gasteiger partial charge is 4.00 e. The van der Waals surface area contributed by atoms with Gasteiger partial charge in [0.05, 0.1) is 0 Å². The summed E-state index contributed by atoms with van der Waals surface area (Å²) in [6.07, 6.45) is 0. The van der Waals surface area contributed by atoms with Crippen molar-refractivity contribution < 1.29 is 52.3 Å². The quantitative estimate of drug-likeness (QED) is 0.491. The molecular weight excluding hydrogens is 280 g/mol. The summed E-state index contributed by atoms with van der Waals surface area (Å²) >= 11 is 0. The van der Waals surface area contributed by atoms with Crippen LogP contribution in [0.25, 0.3) is 0 Å². The molecule has 6 N–H and O–H groups in total. The summed E-state index contributed by atoms with van der Waals surface area (Å²) < 4.78 is 0. The molecule has 0 fully saturated rings. The Kier molecular flexibility index (Phi) is 16600. The molecule has 8 heavy (non-hydrogen) atoms. The third kappa shape index (κ3) is 196. The summed E-state index contributed by atoms with van der Waals surface area (Å²) in [5, 5.41) is 0. The van der Waals surface area contributed by atoms with Crippen LogP contribution in [0, 0.1) is 0 Å². The maximum Gasteiger partial charge on any atom is 4.00 e. The van der Waals surface area contributed by atoms with Crippen LogP contribution in [0.3, 0.4) is 0 Å². The fourth-order valence-corrected chi connectivity index (χ4v) is 0. The van der Waals surface area contributed by atoms with Crippen LogP contribution in [-0.4, -0.2) is 56.8 Å². The minimum atomic E-state index is 0. The molecule has 0 unspecified atom stereocenters. The molecule has 0 aromatic carbocycles. The molecule has 0 saturated heterocycles. The maximum atomic E-state index is 0. The molecule has 0 aromatic heterocycles. The van der Waals surface area contributed by atoms with Crippen LogP contribution >= 0.6 is 0 Å². The molecule has 0 radical (unpaired) electrons. The second-order valence-corrected chi connectivity index (χ2v) is 0. The summed E-state index contributed by atoms with van der Waals surface area (Å²) in [7, 11) is 0. The molecule has 8 heteroatoms. The first kappa shape index (κ1) is 440. The zero-order chi connectivity index (χ0) is 0. The van der Waals surface area contributed by atoms with Crippen molar-refractivity contribution in [2.45, 2.75) is 0 Å². The zero-order valence-electron chi connectivity index (χ0n) is 3.89. The molecule has 6 nitrogen and oxygen atoms in total. The van der Waals surface area contributed by atoms with Crippen molar-refractivity contribution in [2.75, 3.05) is 0 Å². The molecule has 0 bridgehead atoms. The minimum absolute atomic E-state index is 0. The fraction of sp³-hybridized carbons (Fsp3) is 0. The van der Waals surface area contributed by atoms with Gasteiger partial charge in [-0.05, 0) is 0 Å². The number of hydrogen-bond donors (Lipinski definition) is 0. The van der Waals surface area contributed by atoms with Gasteiger partial charge < -0.3 is 32.9 Å². The van der Waals surface area contributed by atoms with Crippen LogP contribution < -0.4 is 0 Å². The van der Waals surface area contributed by atoms with Crippen LogP contribution in [0.1, 0.15) is 0 Å². The normalized spacial score (nSPS) is 0. The summed E-state index contributed by atoms with van der Waals surface area (Å²) in [5.41, 5.74) is 0. The molecule has 0 aliphatic carbocycles. The summed E-state index contributed by atoms with van der Waals surface area (Å²) in [6, 6.07) is 0. The molecule has 0 aliphatic rings. The van der Waals surface area contributed by atoms with Crippen LogP contribution in [0.2, 0.25) is 0 Å². The average molecular weight is 286 g/mol. The van der Waals surface area contributed by atoms with Crippen LogP contribution in [0.5, 0.6) is 0 Å².